The van der Waals surface area contributed by atoms with Crippen LogP contribution in [0.3, 0.4) is 0 Å². The van der Waals surface area contributed by atoms with Crippen LogP contribution in [0.4, 0.5) is 5.69 Å². The maximum absolute atomic E-state index is 10.9. The van der Waals surface area contributed by atoms with Gasteiger partial charge in [-0.2, -0.15) is 0 Å². The zero-order chi connectivity index (χ0) is 12.7. The summed E-state index contributed by atoms with van der Waals surface area (Å²) in [4.78, 5) is 15.6. The molecular weight excluding hydrogens is 228 g/mol. The Hall–Kier alpha value is -2.04. The van der Waals surface area contributed by atoms with Crippen LogP contribution in [0.2, 0.25) is 0 Å². The first kappa shape index (κ1) is 11.1. The number of fused-ring (bicyclic) bond motifs is 1. The Kier molecular flexibility index (Phi) is 2.47. The van der Waals surface area contributed by atoms with E-state index in [1.807, 2.05) is 18.2 Å². The van der Waals surface area contributed by atoms with Gasteiger partial charge in [0, 0.05) is 24.6 Å². The van der Waals surface area contributed by atoms with Crippen LogP contribution in [-0.2, 0) is 11.3 Å². The average molecular weight is 244 g/mol. The van der Waals surface area contributed by atoms with Crippen molar-refractivity contribution in [2.24, 2.45) is 5.73 Å². The minimum Gasteiger partial charge on any atom is -0.399 e. The van der Waals surface area contributed by atoms with Crippen LogP contribution in [0.25, 0.3) is 11.0 Å². The highest BCUT2D eigenvalue weighted by Gasteiger charge is 2.29. The summed E-state index contributed by atoms with van der Waals surface area (Å²) in [5.74, 6) is 1.32. The van der Waals surface area contributed by atoms with E-state index in [1.54, 1.807) is 0 Å². The smallest absolute Gasteiger partial charge is 0.219 e. The fourth-order valence-corrected chi connectivity index (χ4v) is 2.28. The Labute approximate surface area is 105 Å². The first-order valence-electron chi connectivity index (χ1n) is 6.19. The van der Waals surface area contributed by atoms with Gasteiger partial charge in [-0.1, -0.05) is 0 Å². The topological polar surface area (TPSA) is 86.9 Å². The second kappa shape index (κ2) is 4.01. The van der Waals surface area contributed by atoms with Crippen LogP contribution < -0.4 is 11.5 Å². The zero-order valence-corrected chi connectivity index (χ0v) is 10.1. The molecule has 94 valence electrons. The van der Waals surface area contributed by atoms with Crippen molar-refractivity contribution in [3.05, 3.63) is 24.0 Å². The van der Waals surface area contributed by atoms with Crippen molar-refractivity contribution in [2.45, 2.75) is 31.7 Å². The SMILES string of the molecule is NC(=O)CCn1c(C2CC2)nc2cc(N)ccc21. The Morgan fingerprint density at radius 1 is 1.44 bits per heavy atom. The van der Waals surface area contributed by atoms with E-state index >= 15 is 0 Å². The van der Waals surface area contributed by atoms with Gasteiger partial charge in [0.2, 0.25) is 5.91 Å². The van der Waals surface area contributed by atoms with Gasteiger partial charge in [-0.15, -0.1) is 0 Å². The molecule has 1 aromatic heterocycles. The van der Waals surface area contributed by atoms with Crippen molar-refractivity contribution in [1.29, 1.82) is 0 Å². The van der Waals surface area contributed by atoms with Crippen LogP contribution >= 0.6 is 0 Å². The molecule has 5 nitrogen and oxygen atoms in total. The van der Waals surface area contributed by atoms with Gasteiger partial charge in [0.25, 0.3) is 0 Å². The standard InChI is InChI=1S/C13H16N4O/c14-9-3-4-11-10(7-9)16-13(8-1-2-8)17(11)6-5-12(15)18/h3-4,7-8H,1-2,5-6,14H2,(H2,15,18). The lowest BCUT2D eigenvalue weighted by molar-refractivity contribution is -0.118. The van der Waals surface area contributed by atoms with E-state index < -0.39 is 0 Å². The molecule has 0 saturated heterocycles. The summed E-state index contributed by atoms with van der Waals surface area (Å²) in [5, 5.41) is 0. The maximum atomic E-state index is 10.9. The van der Waals surface area contributed by atoms with Crippen molar-refractivity contribution in [1.82, 2.24) is 9.55 Å². The number of nitrogens with two attached hydrogens (primary N) is 2. The molecule has 1 aromatic carbocycles. The van der Waals surface area contributed by atoms with Crippen LogP contribution in [0.1, 0.15) is 31.0 Å². The van der Waals surface area contributed by atoms with E-state index in [9.17, 15) is 4.79 Å². The predicted molar refractivity (Wildman–Crippen MR) is 69.9 cm³/mol. The number of nitrogen functional groups attached to an aromatic ring is 1. The number of benzene rings is 1. The van der Waals surface area contributed by atoms with Gasteiger partial charge in [0.1, 0.15) is 5.82 Å². The van der Waals surface area contributed by atoms with Gasteiger partial charge < -0.3 is 16.0 Å². The lowest BCUT2D eigenvalue weighted by Gasteiger charge is -2.07. The molecule has 1 saturated carbocycles. The number of carbonyl (C=O) groups is 1. The molecule has 4 N–H and O–H groups in total. The molecule has 18 heavy (non-hydrogen) atoms. The summed E-state index contributed by atoms with van der Waals surface area (Å²) in [6, 6.07) is 5.70. The van der Waals surface area contributed by atoms with E-state index in [1.165, 1.54) is 12.8 Å². The number of anilines is 1. The third-order valence-corrected chi connectivity index (χ3v) is 3.33. The van der Waals surface area contributed by atoms with Crippen molar-refractivity contribution in [3.63, 3.8) is 0 Å². The van der Waals surface area contributed by atoms with Crippen molar-refractivity contribution in [3.8, 4) is 0 Å². The maximum Gasteiger partial charge on any atom is 0.219 e. The number of hydrogen-bond acceptors (Lipinski definition) is 3. The molecular formula is C13H16N4O. The number of nitrogens with zero attached hydrogens (tertiary/aromatic N) is 2. The van der Waals surface area contributed by atoms with Crippen molar-refractivity contribution < 1.29 is 4.79 Å². The van der Waals surface area contributed by atoms with E-state index in [2.05, 4.69) is 9.55 Å². The Bertz CT molecular complexity index is 613. The van der Waals surface area contributed by atoms with Gasteiger partial charge in [-0.25, -0.2) is 4.98 Å². The van der Waals surface area contributed by atoms with Gasteiger partial charge in [0.05, 0.1) is 11.0 Å². The third kappa shape index (κ3) is 1.92. The van der Waals surface area contributed by atoms with Crippen molar-refractivity contribution >= 4 is 22.6 Å². The minimum absolute atomic E-state index is 0.283. The number of aryl methyl sites for hydroxylation is 1. The number of rotatable bonds is 4. The second-order valence-corrected chi connectivity index (χ2v) is 4.86. The summed E-state index contributed by atoms with van der Waals surface area (Å²) in [5.41, 5.74) is 13.7. The van der Waals surface area contributed by atoms with Crippen molar-refractivity contribution in [2.75, 3.05) is 5.73 Å². The Morgan fingerprint density at radius 3 is 2.89 bits per heavy atom. The largest absolute Gasteiger partial charge is 0.399 e. The van der Waals surface area contributed by atoms with Gasteiger partial charge in [-0.05, 0) is 31.0 Å². The van der Waals surface area contributed by atoms with Crippen LogP contribution in [0.15, 0.2) is 18.2 Å². The Balaban J connectivity index is 2.06. The molecule has 2 aromatic rings. The molecule has 0 unspecified atom stereocenters. The first-order valence-corrected chi connectivity index (χ1v) is 6.19. The van der Waals surface area contributed by atoms with E-state index in [4.69, 9.17) is 11.5 Å². The molecule has 1 aliphatic carbocycles. The normalized spacial score (nSPS) is 15.1. The number of imidazole rings is 1. The summed E-state index contributed by atoms with van der Waals surface area (Å²) < 4.78 is 2.11. The highest BCUT2D eigenvalue weighted by molar-refractivity contribution is 5.80. The lowest BCUT2D eigenvalue weighted by Crippen LogP contribution is -2.15. The Morgan fingerprint density at radius 2 is 2.22 bits per heavy atom. The van der Waals surface area contributed by atoms with Gasteiger partial charge in [-0.3, -0.25) is 4.79 Å². The zero-order valence-electron chi connectivity index (χ0n) is 10.1. The van der Waals surface area contributed by atoms with Crippen LogP contribution in [-0.4, -0.2) is 15.5 Å². The number of amides is 1. The summed E-state index contributed by atoms with van der Waals surface area (Å²) in [7, 11) is 0. The second-order valence-electron chi connectivity index (χ2n) is 4.86. The molecule has 1 heterocycles. The number of hydrogen-bond donors (Lipinski definition) is 2. The van der Waals surface area contributed by atoms with Gasteiger partial charge >= 0.3 is 0 Å². The molecule has 0 bridgehead atoms. The predicted octanol–water partition coefficient (Wildman–Crippen LogP) is 1.37. The monoisotopic (exact) mass is 244 g/mol. The minimum atomic E-state index is -0.283. The molecule has 3 rings (SSSR count). The molecule has 1 amide bonds. The van der Waals surface area contributed by atoms with Gasteiger partial charge in [0.15, 0.2) is 0 Å². The summed E-state index contributed by atoms with van der Waals surface area (Å²) in [6.45, 7) is 0.599. The fourth-order valence-electron chi connectivity index (χ4n) is 2.28. The molecule has 0 spiro atoms. The number of aromatic nitrogens is 2. The molecule has 0 aliphatic heterocycles. The summed E-state index contributed by atoms with van der Waals surface area (Å²) in [6.07, 6.45) is 2.69. The van der Waals surface area contributed by atoms with E-state index in [0.29, 0.717) is 24.6 Å². The lowest BCUT2D eigenvalue weighted by atomic mass is 10.2. The molecule has 0 atom stereocenters. The van der Waals surface area contributed by atoms with Crippen LogP contribution in [0.5, 0.6) is 0 Å². The van der Waals surface area contributed by atoms with E-state index in [-0.39, 0.29) is 5.91 Å². The average Bonchev–Trinajstić information content (AvgIpc) is 3.09. The molecule has 1 fully saturated rings. The quantitative estimate of drug-likeness (QED) is 0.796. The highest BCUT2D eigenvalue weighted by atomic mass is 16.1. The van der Waals surface area contributed by atoms with Crippen LogP contribution in [0, 0.1) is 0 Å². The van der Waals surface area contributed by atoms with E-state index in [0.717, 1.165) is 16.9 Å². The number of carbonyl (C=O) groups excluding carboxylic acids is 1. The summed E-state index contributed by atoms with van der Waals surface area (Å²) >= 11 is 0. The molecule has 0 radical (unpaired) electrons. The number of primary amides is 1. The highest BCUT2D eigenvalue weighted by Crippen LogP contribution is 2.40. The first-order chi connectivity index (χ1) is 8.65. The fraction of sp³-hybridized carbons (Fsp3) is 0.385. The molecule has 1 aliphatic rings. The third-order valence-electron chi connectivity index (χ3n) is 3.33. The molecule has 5 heteroatoms.